The number of nitrogens with zero attached hydrogens (tertiary/aromatic N) is 1. The third kappa shape index (κ3) is 3.07. The molecule has 1 saturated carbocycles. The van der Waals surface area contributed by atoms with Crippen molar-refractivity contribution in [2.24, 2.45) is 5.92 Å². The van der Waals surface area contributed by atoms with Crippen LogP contribution in [-0.4, -0.2) is 29.1 Å². The molecule has 2 unspecified atom stereocenters. The molecule has 1 aromatic heterocycles. The molecule has 0 bridgehead atoms. The molecule has 4 heteroatoms. The highest BCUT2D eigenvalue weighted by atomic mass is 32.1. The summed E-state index contributed by atoms with van der Waals surface area (Å²) in [4.78, 5) is 13.5. The van der Waals surface area contributed by atoms with E-state index in [0.717, 1.165) is 32.2 Å². The van der Waals surface area contributed by atoms with Crippen LogP contribution in [-0.2, 0) is 11.3 Å². The molecule has 1 heterocycles. The van der Waals surface area contributed by atoms with Gasteiger partial charge >= 0.3 is 5.97 Å². The molecule has 1 N–H and O–H groups in total. The number of thiophene rings is 1. The monoisotopic (exact) mass is 253 g/mol. The van der Waals surface area contributed by atoms with Gasteiger partial charge in [0.15, 0.2) is 0 Å². The number of aliphatic carboxylic acids is 1. The molecule has 0 aromatic carbocycles. The minimum Gasteiger partial charge on any atom is -0.481 e. The molecule has 0 aliphatic heterocycles. The van der Waals surface area contributed by atoms with Crippen molar-refractivity contribution in [2.75, 3.05) is 7.05 Å². The van der Waals surface area contributed by atoms with Crippen molar-refractivity contribution in [3.63, 3.8) is 0 Å². The van der Waals surface area contributed by atoms with E-state index in [1.807, 2.05) is 7.05 Å². The van der Waals surface area contributed by atoms with Crippen LogP contribution in [0, 0.1) is 5.92 Å². The normalized spacial score (nSPS) is 25.1. The van der Waals surface area contributed by atoms with Crippen LogP contribution in [0.2, 0.25) is 0 Å². The van der Waals surface area contributed by atoms with Crippen LogP contribution in [0.25, 0.3) is 0 Å². The van der Waals surface area contributed by atoms with Gasteiger partial charge in [-0.05, 0) is 42.3 Å². The van der Waals surface area contributed by atoms with Gasteiger partial charge in [0.1, 0.15) is 0 Å². The van der Waals surface area contributed by atoms with Crippen LogP contribution >= 0.6 is 11.3 Å². The largest absolute Gasteiger partial charge is 0.481 e. The first-order valence-electron chi connectivity index (χ1n) is 6.12. The van der Waals surface area contributed by atoms with Gasteiger partial charge in [-0.25, -0.2) is 0 Å². The Hall–Kier alpha value is -0.870. The molecule has 0 amide bonds. The Bertz CT molecular complexity index is 364. The average Bonchev–Trinajstić information content (AvgIpc) is 2.81. The Morgan fingerprint density at radius 1 is 1.53 bits per heavy atom. The minimum absolute atomic E-state index is 0.188. The lowest BCUT2D eigenvalue weighted by Crippen LogP contribution is -2.43. The van der Waals surface area contributed by atoms with Gasteiger partial charge in [-0.2, -0.15) is 11.3 Å². The summed E-state index contributed by atoms with van der Waals surface area (Å²) in [5.41, 5.74) is 1.28. The van der Waals surface area contributed by atoms with Gasteiger partial charge < -0.3 is 5.11 Å². The van der Waals surface area contributed by atoms with Gasteiger partial charge in [0.05, 0.1) is 5.92 Å². The molecule has 94 valence electrons. The number of rotatable bonds is 4. The summed E-state index contributed by atoms with van der Waals surface area (Å²) in [5.74, 6) is -0.820. The van der Waals surface area contributed by atoms with E-state index in [1.54, 1.807) is 11.3 Å². The summed E-state index contributed by atoms with van der Waals surface area (Å²) in [6.45, 7) is 0.859. The zero-order valence-corrected chi connectivity index (χ0v) is 10.9. The molecular formula is C13H19NO2S. The van der Waals surface area contributed by atoms with E-state index in [0.29, 0.717) is 0 Å². The van der Waals surface area contributed by atoms with E-state index in [9.17, 15) is 9.90 Å². The highest BCUT2D eigenvalue weighted by Crippen LogP contribution is 2.29. The second-order valence-electron chi connectivity index (χ2n) is 4.84. The second-order valence-corrected chi connectivity index (χ2v) is 5.62. The Balaban J connectivity index is 2.00. The molecular weight excluding hydrogens is 234 g/mol. The zero-order valence-electron chi connectivity index (χ0n) is 10.1. The fourth-order valence-electron chi connectivity index (χ4n) is 2.71. The third-order valence-corrected chi connectivity index (χ3v) is 4.36. The van der Waals surface area contributed by atoms with Gasteiger partial charge in [0.2, 0.25) is 0 Å². The summed E-state index contributed by atoms with van der Waals surface area (Å²) in [5, 5.41) is 13.5. The molecule has 1 fully saturated rings. The molecule has 0 saturated heterocycles. The minimum atomic E-state index is -0.633. The van der Waals surface area contributed by atoms with E-state index in [1.165, 1.54) is 5.56 Å². The molecule has 0 radical (unpaired) electrons. The van der Waals surface area contributed by atoms with Gasteiger partial charge in [0.25, 0.3) is 0 Å². The summed E-state index contributed by atoms with van der Waals surface area (Å²) in [7, 11) is 2.05. The Labute approximate surface area is 106 Å². The Morgan fingerprint density at radius 2 is 2.29 bits per heavy atom. The maximum atomic E-state index is 11.2. The maximum absolute atomic E-state index is 11.2. The second kappa shape index (κ2) is 5.65. The number of hydrogen-bond donors (Lipinski definition) is 1. The standard InChI is InChI=1S/C13H19NO2S/c1-14(8-10-6-7-17-9-10)12-5-3-2-4-11(12)13(15)16/h6-7,9,11-12H,2-5,8H2,1H3,(H,15,16). The van der Waals surface area contributed by atoms with Gasteiger partial charge in [-0.3, -0.25) is 9.69 Å². The molecule has 2 atom stereocenters. The highest BCUT2D eigenvalue weighted by molar-refractivity contribution is 7.07. The number of carboxylic acid groups (broad SMARTS) is 1. The van der Waals surface area contributed by atoms with Crippen LogP contribution < -0.4 is 0 Å². The van der Waals surface area contributed by atoms with Crippen molar-refractivity contribution in [3.05, 3.63) is 22.4 Å². The first kappa shape index (κ1) is 12.6. The topological polar surface area (TPSA) is 40.5 Å². The van der Waals surface area contributed by atoms with Crippen LogP contribution in [0.1, 0.15) is 31.2 Å². The van der Waals surface area contributed by atoms with Crippen molar-refractivity contribution >= 4 is 17.3 Å². The fourth-order valence-corrected chi connectivity index (χ4v) is 3.37. The summed E-state index contributed by atoms with van der Waals surface area (Å²) in [6, 6.07) is 2.31. The number of carbonyl (C=O) groups is 1. The fraction of sp³-hybridized carbons (Fsp3) is 0.615. The molecule has 17 heavy (non-hydrogen) atoms. The molecule has 1 aliphatic rings. The number of carboxylic acids is 1. The predicted molar refractivity (Wildman–Crippen MR) is 69.2 cm³/mol. The quantitative estimate of drug-likeness (QED) is 0.897. The van der Waals surface area contributed by atoms with Gasteiger partial charge in [-0.15, -0.1) is 0 Å². The smallest absolute Gasteiger partial charge is 0.308 e. The highest BCUT2D eigenvalue weighted by Gasteiger charge is 2.33. The third-order valence-electron chi connectivity index (χ3n) is 3.62. The predicted octanol–water partition coefficient (Wildman–Crippen LogP) is 2.82. The zero-order chi connectivity index (χ0) is 12.3. The Kier molecular flexibility index (Phi) is 4.18. The van der Waals surface area contributed by atoms with Crippen molar-refractivity contribution < 1.29 is 9.90 Å². The molecule has 3 nitrogen and oxygen atoms in total. The molecule has 0 spiro atoms. The number of hydrogen-bond acceptors (Lipinski definition) is 3. The van der Waals surface area contributed by atoms with E-state index in [-0.39, 0.29) is 12.0 Å². The molecule has 1 aromatic rings. The average molecular weight is 253 g/mol. The first-order chi connectivity index (χ1) is 8.18. The van der Waals surface area contributed by atoms with Crippen LogP contribution in [0.4, 0.5) is 0 Å². The lowest BCUT2D eigenvalue weighted by Gasteiger charge is -2.35. The van der Waals surface area contributed by atoms with E-state index < -0.39 is 5.97 Å². The van der Waals surface area contributed by atoms with E-state index in [4.69, 9.17) is 0 Å². The van der Waals surface area contributed by atoms with Gasteiger partial charge in [-0.1, -0.05) is 12.8 Å². The SMILES string of the molecule is CN(Cc1ccsc1)C1CCCCC1C(=O)O. The lowest BCUT2D eigenvalue weighted by molar-refractivity contribution is -0.145. The van der Waals surface area contributed by atoms with Gasteiger partial charge in [0, 0.05) is 12.6 Å². The lowest BCUT2D eigenvalue weighted by atomic mass is 9.83. The first-order valence-corrected chi connectivity index (χ1v) is 7.07. The van der Waals surface area contributed by atoms with E-state index >= 15 is 0 Å². The van der Waals surface area contributed by atoms with Crippen LogP contribution in [0.15, 0.2) is 16.8 Å². The van der Waals surface area contributed by atoms with Crippen molar-refractivity contribution in [1.29, 1.82) is 0 Å². The maximum Gasteiger partial charge on any atom is 0.308 e. The molecule has 2 rings (SSSR count). The summed E-state index contributed by atoms with van der Waals surface area (Å²) in [6.07, 6.45) is 4.05. The molecule has 1 aliphatic carbocycles. The summed E-state index contributed by atoms with van der Waals surface area (Å²) < 4.78 is 0. The van der Waals surface area contributed by atoms with Crippen LogP contribution in [0.3, 0.4) is 0 Å². The van der Waals surface area contributed by atoms with Crippen molar-refractivity contribution in [2.45, 2.75) is 38.3 Å². The summed E-state index contributed by atoms with van der Waals surface area (Å²) >= 11 is 1.69. The van der Waals surface area contributed by atoms with Crippen LogP contribution in [0.5, 0.6) is 0 Å². The van der Waals surface area contributed by atoms with Crippen molar-refractivity contribution in [1.82, 2.24) is 4.90 Å². The van der Waals surface area contributed by atoms with Crippen molar-refractivity contribution in [3.8, 4) is 0 Å². The van der Waals surface area contributed by atoms with E-state index in [2.05, 4.69) is 21.7 Å². The Morgan fingerprint density at radius 3 is 2.94 bits per heavy atom.